The Kier molecular flexibility index (Phi) is 9.47. The zero-order valence-electron chi connectivity index (χ0n) is 22.0. The molecule has 0 radical (unpaired) electrons. The van der Waals surface area contributed by atoms with E-state index in [1.807, 2.05) is 25.1 Å². The van der Waals surface area contributed by atoms with Gasteiger partial charge in [0.2, 0.25) is 0 Å². The number of hydrogen-bond acceptors (Lipinski definition) is 7. The van der Waals surface area contributed by atoms with Crippen molar-refractivity contribution in [3.05, 3.63) is 54.1 Å². The summed E-state index contributed by atoms with van der Waals surface area (Å²) in [6.45, 7) is 9.59. The highest BCUT2D eigenvalue weighted by Gasteiger charge is 2.35. The molecule has 196 valence electrons. The summed E-state index contributed by atoms with van der Waals surface area (Å²) in [6.07, 6.45) is 2.44. The standard InChI is InChI=1S/C29H41N3O4/c1-4-36-27-11-7-5-9-24(27)22-30-16-15-25(23(21-30)13-14-29(33)35-3)31-17-19-32(20-18-31)26-10-6-8-12-28(26)34-2/h5-12,23,25H,4,13-22H2,1-3H3/t23-,25+/m0/s1. The van der Waals surface area contributed by atoms with Gasteiger partial charge in [0, 0.05) is 57.3 Å². The van der Waals surface area contributed by atoms with Crippen LogP contribution in [0, 0.1) is 5.92 Å². The van der Waals surface area contributed by atoms with Crippen molar-refractivity contribution in [1.82, 2.24) is 9.80 Å². The summed E-state index contributed by atoms with van der Waals surface area (Å²) in [7, 11) is 3.22. The van der Waals surface area contributed by atoms with Crippen LogP contribution in [0.3, 0.4) is 0 Å². The second-order valence-electron chi connectivity index (χ2n) is 9.70. The highest BCUT2D eigenvalue weighted by molar-refractivity contribution is 5.69. The van der Waals surface area contributed by atoms with E-state index < -0.39 is 0 Å². The third-order valence-corrected chi connectivity index (χ3v) is 7.60. The molecular weight excluding hydrogens is 454 g/mol. The number of hydrogen-bond donors (Lipinski definition) is 0. The quantitative estimate of drug-likeness (QED) is 0.461. The van der Waals surface area contributed by atoms with E-state index in [0.717, 1.165) is 70.2 Å². The number of likely N-dealkylation sites (tertiary alicyclic amines) is 1. The predicted molar refractivity (Wildman–Crippen MR) is 143 cm³/mol. The van der Waals surface area contributed by atoms with E-state index in [4.69, 9.17) is 14.2 Å². The fraction of sp³-hybridized carbons (Fsp3) is 0.552. The monoisotopic (exact) mass is 495 g/mol. The van der Waals surface area contributed by atoms with Crippen LogP contribution >= 0.6 is 0 Å². The van der Waals surface area contributed by atoms with Crippen molar-refractivity contribution < 1.29 is 19.0 Å². The highest BCUT2D eigenvalue weighted by Crippen LogP contribution is 2.32. The summed E-state index contributed by atoms with van der Waals surface area (Å²) >= 11 is 0. The molecule has 0 spiro atoms. The first-order chi connectivity index (χ1) is 17.6. The van der Waals surface area contributed by atoms with Crippen molar-refractivity contribution in [3.8, 4) is 11.5 Å². The molecule has 7 heteroatoms. The van der Waals surface area contributed by atoms with Crippen molar-refractivity contribution >= 4 is 11.7 Å². The summed E-state index contributed by atoms with van der Waals surface area (Å²) in [4.78, 5) is 19.6. The van der Waals surface area contributed by atoms with Crippen LogP contribution < -0.4 is 14.4 Å². The molecule has 2 aromatic carbocycles. The molecule has 7 nitrogen and oxygen atoms in total. The first-order valence-corrected chi connectivity index (χ1v) is 13.2. The van der Waals surface area contributed by atoms with E-state index in [-0.39, 0.29) is 5.97 Å². The normalized spacial score (nSPS) is 21.2. The van der Waals surface area contributed by atoms with Crippen LogP contribution in [0.5, 0.6) is 11.5 Å². The first-order valence-electron chi connectivity index (χ1n) is 13.2. The van der Waals surface area contributed by atoms with Crippen LogP contribution in [0.4, 0.5) is 5.69 Å². The van der Waals surface area contributed by atoms with E-state index in [1.165, 1.54) is 18.4 Å². The molecular formula is C29H41N3O4. The number of anilines is 1. The molecule has 2 aliphatic rings. The number of nitrogens with zero attached hydrogens (tertiary/aromatic N) is 3. The van der Waals surface area contributed by atoms with Gasteiger partial charge in [0.05, 0.1) is 26.5 Å². The van der Waals surface area contributed by atoms with Crippen LogP contribution in [-0.4, -0.2) is 81.9 Å². The van der Waals surface area contributed by atoms with Crippen LogP contribution in [0.25, 0.3) is 0 Å². The SMILES string of the molecule is CCOc1ccccc1CN1CC[C@@H](N2CCN(c3ccccc3OC)CC2)[C@@H](CCC(=O)OC)C1. The maximum absolute atomic E-state index is 12.0. The van der Waals surface area contributed by atoms with Gasteiger partial charge >= 0.3 is 5.97 Å². The van der Waals surface area contributed by atoms with Gasteiger partial charge in [-0.2, -0.15) is 0 Å². The minimum Gasteiger partial charge on any atom is -0.495 e. The summed E-state index contributed by atoms with van der Waals surface area (Å²) < 4.78 is 16.4. The lowest BCUT2D eigenvalue weighted by Gasteiger charge is -2.47. The predicted octanol–water partition coefficient (Wildman–Crippen LogP) is 4.06. The van der Waals surface area contributed by atoms with Gasteiger partial charge in [0.1, 0.15) is 11.5 Å². The Morgan fingerprint density at radius 1 is 0.944 bits per heavy atom. The number of carbonyl (C=O) groups excluding carboxylic acids is 1. The van der Waals surface area contributed by atoms with E-state index in [1.54, 1.807) is 7.11 Å². The minimum atomic E-state index is -0.117. The van der Waals surface area contributed by atoms with Crippen molar-refractivity contribution in [3.63, 3.8) is 0 Å². The molecule has 4 rings (SSSR count). The van der Waals surface area contributed by atoms with Crippen LogP contribution in [0.1, 0.15) is 31.7 Å². The average Bonchev–Trinajstić information content (AvgIpc) is 2.93. The van der Waals surface area contributed by atoms with Crippen molar-refractivity contribution in [2.45, 2.75) is 38.8 Å². The van der Waals surface area contributed by atoms with Crippen LogP contribution in [-0.2, 0) is 16.1 Å². The molecule has 2 aliphatic heterocycles. The van der Waals surface area contributed by atoms with Crippen LogP contribution in [0.15, 0.2) is 48.5 Å². The second-order valence-corrected chi connectivity index (χ2v) is 9.70. The van der Waals surface area contributed by atoms with Crippen molar-refractivity contribution in [1.29, 1.82) is 0 Å². The molecule has 36 heavy (non-hydrogen) atoms. The molecule has 0 amide bonds. The smallest absolute Gasteiger partial charge is 0.305 e. The van der Waals surface area contributed by atoms with Gasteiger partial charge in [-0.1, -0.05) is 30.3 Å². The topological polar surface area (TPSA) is 54.5 Å². The van der Waals surface area contributed by atoms with E-state index in [2.05, 4.69) is 45.0 Å². The zero-order chi connectivity index (χ0) is 25.3. The van der Waals surface area contributed by atoms with Gasteiger partial charge in [0.25, 0.3) is 0 Å². The Bertz CT molecular complexity index is 976. The number of rotatable bonds is 10. The third-order valence-electron chi connectivity index (χ3n) is 7.60. The number of ether oxygens (including phenoxy) is 3. The number of benzene rings is 2. The lowest BCUT2D eigenvalue weighted by molar-refractivity contribution is -0.141. The molecule has 0 bridgehead atoms. The molecule has 0 unspecified atom stereocenters. The molecule has 2 saturated heterocycles. The molecule has 0 N–H and O–H groups in total. The lowest BCUT2D eigenvalue weighted by atomic mass is 9.86. The van der Waals surface area contributed by atoms with Gasteiger partial charge in [-0.15, -0.1) is 0 Å². The number of piperazine rings is 1. The molecule has 2 heterocycles. The maximum Gasteiger partial charge on any atom is 0.305 e. The molecule has 0 aliphatic carbocycles. The van der Waals surface area contributed by atoms with Gasteiger partial charge in [-0.05, 0) is 50.4 Å². The second kappa shape index (κ2) is 13.0. The molecule has 2 aromatic rings. The van der Waals surface area contributed by atoms with E-state index in [9.17, 15) is 4.79 Å². The number of methoxy groups -OCH3 is 2. The van der Waals surface area contributed by atoms with Crippen LogP contribution in [0.2, 0.25) is 0 Å². The number of carbonyl (C=O) groups is 1. The molecule has 2 atom stereocenters. The molecule has 0 saturated carbocycles. The van der Waals surface area contributed by atoms with Crippen molar-refractivity contribution in [2.24, 2.45) is 5.92 Å². The Morgan fingerprint density at radius 2 is 1.67 bits per heavy atom. The van der Waals surface area contributed by atoms with Gasteiger partial charge in [-0.3, -0.25) is 14.6 Å². The number of para-hydroxylation sites is 3. The Hall–Kier alpha value is -2.77. The molecule has 2 fully saturated rings. The van der Waals surface area contributed by atoms with E-state index >= 15 is 0 Å². The molecule has 0 aromatic heterocycles. The third kappa shape index (κ3) is 6.51. The van der Waals surface area contributed by atoms with Gasteiger partial charge < -0.3 is 19.1 Å². The van der Waals surface area contributed by atoms with Gasteiger partial charge in [-0.25, -0.2) is 0 Å². The zero-order valence-corrected chi connectivity index (χ0v) is 22.0. The fourth-order valence-corrected chi connectivity index (χ4v) is 5.77. The summed E-state index contributed by atoms with van der Waals surface area (Å²) in [6, 6.07) is 17.1. The lowest BCUT2D eigenvalue weighted by Crippen LogP contribution is -2.56. The van der Waals surface area contributed by atoms with Crippen molar-refractivity contribution in [2.75, 3.05) is 65.0 Å². The largest absolute Gasteiger partial charge is 0.495 e. The summed E-state index contributed by atoms with van der Waals surface area (Å²) in [5.74, 6) is 2.21. The fourth-order valence-electron chi connectivity index (χ4n) is 5.77. The minimum absolute atomic E-state index is 0.117. The number of piperidine rings is 1. The summed E-state index contributed by atoms with van der Waals surface area (Å²) in [5.41, 5.74) is 2.40. The summed E-state index contributed by atoms with van der Waals surface area (Å²) in [5, 5.41) is 0. The van der Waals surface area contributed by atoms with Gasteiger partial charge in [0.15, 0.2) is 0 Å². The Morgan fingerprint density at radius 3 is 2.39 bits per heavy atom. The van der Waals surface area contributed by atoms with E-state index in [0.29, 0.717) is 25.0 Å². The highest BCUT2D eigenvalue weighted by atomic mass is 16.5. The Balaban J connectivity index is 1.41. The Labute approximate surface area is 215 Å². The first kappa shape index (κ1) is 26.3. The number of esters is 1. The maximum atomic E-state index is 12.0. The average molecular weight is 496 g/mol.